The van der Waals surface area contributed by atoms with Gasteiger partial charge in [-0.25, -0.2) is 0 Å². The van der Waals surface area contributed by atoms with Gasteiger partial charge < -0.3 is 17.0 Å². The lowest BCUT2D eigenvalue weighted by Crippen LogP contribution is -3.00. The fourth-order valence-electron chi connectivity index (χ4n) is 2.60. The van der Waals surface area contributed by atoms with Crippen LogP contribution in [-0.4, -0.2) is 11.5 Å². The third-order valence-electron chi connectivity index (χ3n) is 4.20. The second-order valence-corrected chi connectivity index (χ2v) is 8.61. The number of hydrogen-bond acceptors (Lipinski definition) is 4. The van der Waals surface area contributed by atoms with Crippen LogP contribution in [-0.2, 0) is 5.75 Å². The minimum absolute atomic E-state index is 0. The number of ketones is 1. The van der Waals surface area contributed by atoms with Crippen LogP contribution >= 0.6 is 23.5 Å². The largest absolute Gasteiger partial charge is 1.00 e. The average molecular weight is 497 g/mol. The summed E-state index contributed by atoms with van der Waals surface area (Å²) in [6, 6.07) is 25.7. The highest BCUT2D eigenvalue weighted by molar-refractivity contribution is 8.22. The van der Waals surface area contributed by atoms with Gasteiger partial charge in [-0.1, -0.05) is 60.7 Å². The van der Waals surface area contributed by atoms with E-state index in [0.717, 1.165) is 15.6 Å². The Morgan fingerprint density at radius 2 is 1.53 bits per heavy atom. The number of halogens is 1. The minimum atomic E-state index is 0. The van der Waals surface area contributed by atoms with Crippen LogP contribution in [0.15, 0.2) is 89.4 Å². The van der Waals surface area contributed by atoms with Gasteiger partial charge in [0.25, 0.3) is 0 Å². The van der Waals surface area contributed by atoms with E-state index in [0.29, 0.717) is 17.0 Å². The molecule has 0 atom stereocenters. The van der Waals surface area contributed by atoms with Crippen LogP contribution in [0.25, 0.3) is 5.70 Å². The van der Waals surface area contributed by atoms with Crippen LogP contribution in [0.3, 0.4) is 0 Å². The number of allylic oxidation sites excluding steroid dienone is 1. The number of rotatable bonds is 8. The van der Waals surface area contributed by atoms with E-state index in [4.69, 9.17) is 0 Å². The van der Waals surface area contributed by atoms with Crippen LogP contribution in [0.4, 0.5) is 0 Å². The summed E-state index contributed by atoms with van der Waals surface area (Å²) in [7, 11) is 0. The molecule has 30 heavy (non-hydrogen) atoms. The first-order chi connectivity index (χ1) is 14.2. The molecule has 3 nitrogen and oxygen atoms in total. The fourth-order valence-corrected chi connectivity index (χ4v) is 4.78. The third-order valence-corrected chi connectivity index (χ3v) is 6.70. The number of pyridine rings is 1. The molecule has 0 N–H and O–H groups in total. The SMILES string of the molecule is Cc1cc[n+](/C(C#N)=C(\SCC(=O)c2ccccc2)SCc2ccccc2)cc1.[Br-]. The predicted octanol–water partition coefficient (Wildman–Crippen LogP) is 2.49. The second kappa shape index (κ2) is 12.4. The highest BCUT2D eigenvalue weighted by Gasteiger charge is 2.20. The molecule has 152 valence electrons. The number of benzene rings is 2. The van der Waals surface area contributed by atoms with E-state index in [1.807, 2.05) is 84.5 Å². The zero-order chi connectivity index (χ0) is 20.5. The highest BCUT2D eigenvalue weighted by Crippen LogP contribution is 2.34. The van der Waals surface area contributed by atoms with Crippen LogP contribution in [0.1, 0.15) is 21.5 Å². The molecule has 0 unspecified atom stereocenters. The first kappa shape index (κ1) is 23.9. The Kier molecular flexibility index (Phi) is 9.88. The van der Waals surface area contributed by atoms with Crippen molar-refractivity contribution in [2.45, 2.75) is 12.7 Å². The summed E-state index contributed by atoms with van der Waals surface area (Å²) in [5.41, 5.74) is 3.53. The van der Waals surface area contributed by atoms with Crippen LogP contribution in [0.5, 0.6) is 0 Å². The first-order valence-corrected chi connectivity index (χ1v) is 11.1. The molecule has 2 aromatic carbocycles. The van der Waals surface area contributed by atoms with E-state index >= 15 is 0 Å². The predicted molar refractivity (Wildman–Crippen MR) is 121 cm³/mol. The van der Waals surface area contributed by atoms with Gasteiger partial charge in [0, 0.05) is 23.4 Å². The molecule has 0 saturated heterocycles. The Morgan fingerprint density at radius 3 is 2.13 bits per heavy atom. The van der Waals surface area contributed by atoms with E-state index in [9.17, 15) is 10.1 Å². The van der Waals surface area contributed by atoms with Crippen molar-refractivity contribution in [3.8, 4) is 6.07 Å². The van der Waals surface area contributed by atoms with E-state index in [2.05, 4.69) is 18.2 Å². The van der Waals surface area contributed by atoms with Gasteiger partial charge in [0.2, 0.25) is 0 Å². The number of aryl methyl sites for hydroxylation is 1. The summed E-state index contributed by atoms with van der Waals surface area (Å²) in [6.07, 6.45) is 3.77. The van der Waals surface area contributed by atoms with Crippen molar-refractivity contribution in [1.29, 1.82) is 5.26 Å². The molecule has 1 aromatic heterocycles. The van der Waals surface area contributed by atoms with Crippen molar-refractivity contribution in [3.63, 3.8) is 0 Å². The number of carbonyl (C=O) groups excluding carboxylic acids is 1. The summed E-state index contributed by atoms with van der Waals surface area (Å²) in [5.74, 6) is 1.08. The molecule has 0 saturated carbocycles. The number of aromatic nitrogens is 1. The molecule has 0 spiro atoms. The zero-order valence-corrected chi connectivity index (χ0v) is 19.7. The molecule has 0 aliphatic heterocycles. The van der Waals surface area contributed by atoms with Crippen molar-refractivity contribution in [1.82, 2.24) is 0 Å². The van der Waals surface area contributed by atoms with Gasteiger partial charge in [0.1, 0.15) is 4.24 Å². The molecular formula is C24H21BrN2OS2. The van der Waals surface area contributed by atoms with Gasteiger partial charge in [-0.3, -0.25) is 4.79 Å². The van der Waals surface area contributed by atoms with Crippen molar-refractivity contribution in [2.75, 3.05) is 5.75 Å². The number of hydrogen-bond donors (Lipinski definition) is 0. The Hall–Kier alpha value is -2.33. The summed E-state index contributed by atoms with van der Waals surface area (Å²) < 4.78 is 2.66. The number of Topliss-reactive ketones (excluding diaryl/α,β-unsaturated/α-hetero) is 1. The smallest absolute Gasteiger partial charge is 0.308 e. The van der Waals surface area contributed by atoms with Gasteiger partial charge in [-0.2, -0.15) is 9.83 Å². The van der Waals surface area contributed by atoms with E-state index in [-0.39, 0.29) is 22.8 Å². The van der Waals surface area contributed by atoms with Gasteiger partial charge >= 0.3 is 5.70 Å². The molecule has 0 aliphatic rings. The standard InChI is InChI=1S/C24H21N2OS2.BrH/c1-19-12-14-26(15-13-19)22(16-25)24(28-17-20-8-4-2-5-9-20)29-18-23(27)21-10-6-3-7-11-21;/h2-15H,17-18H2,1H3;1H/q+1;/p-1/b24-22-;. The fraction of sp³-hybridized carbons (Fsp3) is 0.125. The lowest BCUT2D eigenvalue weighted by atomic mass is 10.2. The van der Waals surface area contributed by atoms with E-state index in [1.54, 1.807) is 11.8 Å². The molecule has 0 amide bonds. The molecule has 3 aromatic rings. The van der Waals surface area contributed by atoms with Crippen LogP contribution in [0.2, 0.25) is 0 Å². The number of nitriles is 1. The van der Waals surface area contributed by atoms with Crippen LogP contribution in [0, 0.1) is 18.3 Å². The summed E-state index contributed by atoms with van der Waals surface area (Å²) in [4.78, 5) is 12.6. The van der Waals surface area contributed by atoms with Crippen molar-refractivity contribution in [2.24, 2.45) is 0 Å². The summed E-state index contributed by atoms with van der Waals surface area (Å²) in [5, 5.41) is 9.86. The lowest BCUT2D eigenvalue weighted by molar-refractivity contribution is -0.577. The molecule has 0 fully saturated rings. The van der Waals surface area contributed by atoms with Crippen LogP contribution < -0.4 is 21.5 Å². The quantitative estimate of drug-likeness (QED) is 0.273. The normalized spacial score (nSPS) is 11.1. The maximum absolute atomic E-state index is 12.6. The van der Waals surface area contributed by atoms with Crippen molar-refractivity contribution >= 4 is 35.0 Å². The molecule has 0 aliphatic carbocycles. The lowest BCUT2D eigenvalue weighted by Gasteiger charge is -2.07. The topological polar surface area (TPSA) is 44.7 Å². The Balaban J connectivity index is 0.00000320. The second-order valence-electron chi connectivity index (χ2n) is 6.38. The third kappa shape index (κ3) is 6.88. The van der Waals surface area contributed by atoms with Gasteiger partial charge in [-0.15, -0.1) is 23.5 Å². The maximum atomic E-state index is 12.6. The summed E-state index contributed by atoms with van der Waals surface area (Å²) >= 11 is 3.02. The molecule has 0 radical (unpaired) electrons. The molecular weight excluding hydrogens is 476 g/mol. The Morgan fingerprint density at radius 1 is 0.933 bits per heavy atom. The Labute approximate surface area is 196 Å². The monoisotopic (exact) mass is 496 g/mol. The minimum Gasteiger partial charge on any atom is -1.00 e. The van der Waals surface area contributed by atoms with Gasteiger partial charge in [0.05, 0.1) is 5.75 Å². The molecule has 0 bridgehead atoms. The van der Waals surface area contributed by atoms with E-state index in [1.165, 1.54) is 17.3 Å². The maximum Gasteiger partial charge on any atom is 0.308 e. The summed E-state index contributed by atoms with van der Waals surface area (Å²) in [6.45, 7) is 2.01. The zero-order valence-electron chi connectivity index (χ0n) is 16.5. The molecule has 6 heteroatoms. The number of carbonyl (C=O) groups is 1. The number of thioether (sulfide) groups is 2. The van der Waals surface area contributed by atoms with Gasteiger partial charge in [0.15, 0.2) is 24.2 Å². The van der Waals surface area contributed by atoms with Crippen molar-refractivity contribution in [3.05, 3.63) is 106 Å². The molecule has 1 heterocycles. The Bertz CT molecular complexity index is 1030. The number of nitrogens with zero attached hydrogens (tertiary/aromatic N) is 2. The average Bonchev–Trinajstić information content (AvgIpc) is 2.78. The first-order valence-electron chi connectivity index (χ1n) is 9.18. The van der Waals surface area contributed by atoms with E-state index < -0.39 is 0 Å². The highest BCUT2D eigenvalue weighted by atomic mass is 79.9. The van der Waals surface area contributed by atoms with Crippen molar-refractivity contribution < 1.29 is 26.3 Å². The molecule has 3 rings (SSSR count). The van der Waals surface area contributed by atoms with Gasteiger partial charge in [-0.05, 0) is 18.1 Å².